The van der Waals surface area contributed by atoms with Gasteiger partial charge in [-0.3, -0.25) is 15.0 Å². The number of imide groups is 1. The van der Waals surface area contributed by atoms with Crippen LogP contribution in [0.4, 0.5) is 4.79 Å². The maximum absolute atomic E-state index is 11.5. The molecule has 0 radical (unpaired) electrons. The van der Waals surface area contributed by atoms with Gasteiger partial charge < -0.3 is 19.5 Å². The van der Waals surface area contributed by atoms with E-state index in [0.29, 0.717) is 32.6 Å². The van der Waals surface area contributed by atoms with E-state index in [1.807, 2.05) is 43.3 Å². The molecule has 8 heteroatoms. The molecule has 35 heavy (non-hydrogen) atoms. The first-order chi connectivity index (χ1) is 16.9. The number of urea groups is 1. The van der Waals surface area contributed by atoms with Gasteiger partial charge in [-0.05, 0) is 69.0 Å². The van der Waals surface area contributed by atoms with Crippen molar-refractivity contribution in [3.8, 4) is 11.5 Å². The van der Waals surface area contributed by atoms with E-state index in [1.54, 1.807) is 0 Å². The van der Waals surface area contributed by atoms with Crippen LogP contribution in [0.25, 0.3) is 0 Å². The molecule has 2 aliphatic rings. The molecule has 2 fully saturated rings. The van der Waals surface area contributed by atoms with Crippen LogP contribution >= 0.6 is 0 Å². The first-order valence-corrected chi connectivity index (χ1v) is 12.3. The summed E-state index contributed by atoms with van der Waals surface area (Å²) in [4.78, 5) is 26.6. The Labute approximate surface area is 206 Å². The van der Waals surface area contributed by atoms with Crippen LogP contribution in [0.3, 0.4) is 0 Å². The van der Waals surface area contributed by atoms with Crippen molar-refractivity contribution in [1.29, 1.82) is 0 Å². The molecule has 0 bridgehead atoms. The van der Waals surface area contributed by atoms with Gasteiger partial charge in [0.05, 0.1) is 12.2 Å². The molecule has 3 amide bonds. The number of carbonyl (C=O) groups is 2. The largest absolute Gasteiger partial charge is 0.494 e. The van der Waals surface area contributed by atoms with Crippen molar-refractivity contribution in [1.82, 2.24) is 15.1 Å². The number of hydrogen-bond donors (Lipinski definition) is 2. The quantitative estimate of drug-likeness (QED) is 0.400. The molecule has 0 spiro atoms. The molecule has 0 aromatic heterocycles. The summed E-state index contributed by atoms with van der Waals surface area (Å²) in [7, 11) is 0. The van der Waals surface area contributed by atoms with E-state index in [9.17, 15) is 14.7 Å². The summed E-state index contributed by atoms with van der Waals surface area (Å²) >= 11 is 0. The fourth-order valence-electron chi connectivity index (χ4n) is 4.45. The highest BCUT2D eigenvalue weighted by molar-refractivity contribution is 6.01. The van der Waals surface area contributed by atoms with Gasteiger partial charge in [0.25, 0.3) is 0 Å². The summed E-state index contributed by atoms with van der Waals surface area (Å²) in [5, 5.41) is 13.3. The third kappa shape index (κ3) is 7.44. The number of aliphatic hydroxyl groups is 1. The molecule has 0 aliphatic carbocycles. The molecular formula is C27H35N3O5. The number of benzene rings is 2. The van der Waals surface area contributed by atoms with Crippen molar-refractivity contribution in [2.75, 3.05) is 39.4 Å². The molecule has 4 rings (SSSR count). The Bertz CT molecular complexity index is 995. The van der Waals surface area contributed by atoms with Crippen LogP contribution in [0.1, 0.15) is 36.8 Å². The van der Waals surface area contributed by atoms with E-state index in [-0.39, 0.29) is 18.5 Å². The van der Waals surface area contributed by atoms with Crippen LogP contribution in [0, 0.1) is 6.92 Å². The van der Waals surface area contributed by atoms with Gasteiger partial charge in [0.2, 0.25) is 5.91 Å². The monoisotopic (exact) mass is 481 g/mol. The minimum absolute atomic E-state index is 0.126. The molecule has 2 aliphatic heterocycles. The van der Waals surface area contributed by atoms with Gasteiger partial charge in [0.1, 0.15) is 24.7 Å². The molecule has 2 heterocycles. The van der Waals surface area contributed by atoms with Crippen molar-refractivity contribution in [3.05, 3.63) is 59.7 Å². The van der Waals surface area contributed by atoms with Crippen LogP contribution in [0.5, 0.6) is 11.5 Å². The van der Waals surface area contributed by atoms with E-state index in [1.165, 1.54) is 16.0 Å². The number of rotatable bonds is 10. The van der Waals surface area contributed by atoms with E-state index >= 15 is 0 Å². The lowest BCUT2D eigenvalue weighted by molar-refractivity contribution is -0.118. The predicted molar refractivity (Wildman–Crippen MR) is 132 cm³/mol. The van der Waals surface area contributed by atoms with E-state index in [2.05, 4.69) is 22.3 Å². The third-order valence-electron chi connectivity index (χ3n) is 6.58. The molecular weight excluding hydrogens is 446 g/mol. The van der Waals surface area contributed by atoms with Crippen molar-refractivity contribution in [3.63, 3.8) is 0 Å². The lowest BCUT2D eigenvalue weighted by Gasteiger charge is -2.27. The van der Waals surface area contributed by atoms with Gasteiger partial charge in [-0.25, -0.2) is 4.79 Å². The molecule has 1 atom stereocenters. The van der Waals surface area contributed by atoms with Crippen LogP contribution < -0.4 is 14.8 Å². The summed E-state index contributed by atoms with van der Waals surface area (Å²) in [5.41, 5.74) is 1.58. The Morgan fingerprint density at radius 3 is 2.40 bits per heavy atom. The van der Waals surface area contributed by atoms with E-state index in [4.69, 9.17) is 9.47 Å². The summed E-state index contributed by atoms with van der Waals surface area (Å²) < 4.78 is 11.7. The Morgan fingerprint density at radius 2 is 1.69 bits per heavy atom. The Morgan fingerprint density at radius 1 is 0.971 bits per heavy atom. The summed E-state index contributed by atoms with van der Waals surface area (Å²) in [5.74, 6) is 1.33. The fourth-order valence-corrected chi connectivity index (χ4v) is 4.45. The fraction of sp³-hybridized carbons (Fsp3) is 0.481. The molecule has 2 aromatic rings. The topological polar surface area (TPSA) is 91.3 Å². The Balaban J connectivity index is 1.17. The Hall–Kier alpha value is -3.10. The third-order valence-corrected chi connectivity index (χ3v) is 6.58. The summed E-state index contributed by atoms with van der Waals surface area (Å²) in [6.45, 7) is 6.04. The first kappa shape index (κ1) is 25.0. The normalized spacial score (nSPS) is 21.0. The molecule has 188 valence electrons. The SMILES string of the molecule is Cc1ccc(OC[C@@]2(O)CCCN(Cc3ccc(OCCCN4CC(=O)NC4=O)cc3)CC2)cc1. The van der Waals surface area contributed by atoms with Gasteiger partial charge in [-0.15, -0.1) is 0 Å². The highest BCUT2D eigenvalue weighted by Crippen LogP contribution is 2.25. The number of likely N-dealkylation sites (tertiary alicyclic amines) is 1. The highest BCUT2D eigenvalue weighted by atomic mass is 16.5. The van der Waals surface area contributed by atoms with Crippen molar-refractivity contribution >= 4 is 11.9 Å². The van der Waals surface area contributed by atoms with Gasteiger partial charge in [-0.2, -0.15) is 0 Å². The zero-order valence-corrected chi connectivity index (χ0v) is 20.4. The number of hydrogen-bond acceptors (Lipinski definition) is 6. The van der Waals surface area contributed by atoms with Crippen LogP contribution in [-0.2, 0) is 11.3 Å². The number of nitrogens with zero attached hydrogens (tertiary/aromatic N) is 2. The summed E-state index contributed by atoms with van der Waals surface area (Å²) in [6, 6.07) is 15.7. The highest BCUT2D eigenvalue weighted by Gasteiger charge is 2.31. The number of amides is 3. The van der Waals surface area contributed by atoms with Crippen LogP contribution in [0.15, 0.2) is 48.5 Å². The average molecular weight is 482 g/mol. The zero-order chi connectivity index (χ0) is 24.7. The smallest absolute Gasteiger partial charge is 0.324 e. The van der Waals surface area contributed by atoms with E-state index in [0.717, 1.165) is 44.0 Å². The van der Waals surface area contributed by atoms with E-state index < -0.39 is 5.60 Å². The van der Waals surface area contributed by atoms with Crippen molar-refractivity contribution < 1.29 is 24.2 Å². The second-order valence-corrected chi connectivity index (χ2v) is 9.58. The minimum atomic E-state index is -0.805. The van der Waals surface area contributed by atoms with Crippen molar-refractivity contribution in [2.24, 2.45) is 0 Å². The maximum Gasteiger partial charge on any atom is 0.324 e. The van der Waals surface area contributed by atoms with Gasteiger partial charge in [0, 0.05) is 19.6 Å². The van der Waals surface area contributed by atoms with Gasteiger partial charge in [-0.1, -0.05) is 29.8 Å². The Kier molecular flexibility index (Phi) is 8.25. The molecule has 2 saturated heterocycles. The molecule has 2 aromatic carbocycles. The average Bonchev–Trinajstić information content (AvgIpc) is 3.05. The lowest BCUT2D eigenvalue weighted by Crippen LogP contribution is -2.37. The molecule has 2 N–H and O–H groups in total. The van der Waals surface area contributed by atoms with Crippen molar-refractivity contribution in [2.45, 2.75) is 44.8 Å². The summed E-state index contributed by atoms with van der Waals surface area (Å²) in [6.07, 6.45) is 3.00. The van der Waals surface area contributed by atoms with Gasteiger partial charge >= 0.3 is 6.03 Å². The zero-order valence-electron chi connectivity index (χ0n) is 20.4. The number of aryl methyl sites for hydroxylation is 1. The first-order valence-electron chi connectivity index (χ1n) is 12.3. The molecule has 0 unspecified atom stereocenters. The minimum Gasteiger partial charge on any atom is -0.494 e. The molecule has 0 saturated carbocycles. The second-order valence-electron chi connectivity index (χ2n) is 9.58. The number of nitrogens with one attached hydrogen (secondary N) is 1. The number of ether oxygens (including phenoxy) is 2. The standard InChI is InChI=1S/C27H35N3O5/c1-21-4-8-24(9-5-21)35-20-27(33)12-2-14-29(16-13-27)18-22-6-10-23(11-7-22)34-17-3-15-30-19-25(31)28-26(30)32/h4-11,33H,2-3,12-20H2,1H3,(H,28,31,32)/t27-/m1/s1. The second kappa shape index (κ2) is 11.6. The number of carbonyl (C=O) groups excluding carboxylic acids is 2. The van der Waals surface area contributed by atoms with Crippen LogP contribution in [-0.4, -0.2) is 71.8 Å². The van der Waals surface area contributed by atoms with Crippen LogP contribution in [0.2, 0.25) is 0 Å². The lowest BCUT2D eigenvalue weighted by atomic mass is 9.96. The van der Waals surface area contributed by atoms with Gasteiger partial charge in [0.15, 0.2) is 0 Å². The molecule has 8 nitrogen and oxygen atoms in total. The predicted octanol–water partition coefficient (Wildman–Crippen LogP) is 3.11. The maximum atomic E-state index is 11.5.